The van der Waals surface area contributed by atoms with E-state index >= 15 is 0 Å². The molecule has 3 aromatic rings. The van der Waals surface area contributed by atoms with E-state index in [2.05, 4.69) is 37.7 Å². The SMILES string of the molecule is O=C(Nc1nnc(NC2CCc3ccccc32)s1)c1ccc2c(c1)C(=O)OC2=O. The number of rotatable bonds is 4. The summed E-state index contributed by atoms with van der Waals surface area (Å²) < 4.78 is 4.54. The highest BCUT2D eigenvalue weighted by Crippen LogP contribution is 2.35. The first-order valence-corrected chi connectivity index (χ1v) is 9.80. The van der Waals surface area contributed by atoms with Crippen molar-refractivity contribution in [2.24, 2.45) is 0 Å². The minimum absolute atomic E-state index is 0.0853. The molecule has 0 spiro atoms. The van der Waals surface area contributed by atoms with Crippen LogP contribution in [-0.2, 0) is 11.2 Å². The number of carbonyl (C=O) groups excluding carboxylic acids is 3. The number of carbonyl (C=O) groups is 3. The van der Waals surface area contributed by atoms with Gasteiger partial charge in [0.1, 0.15) is 0 Å². The van der Waals surface area contributed by atoms with Gasteiger partial charge in [-0.25, -0.2) is 9.59 Å². The third-order valence-corrected chi connectivity index (χ3v) is 5.75. The van der Waals surface area contributed by atoms with Crippen molar-refractivity contribution in [2.75, 3.05) is 10.6 Å². The molecule has 0 saturated carbocycles. The van der Waals surface area contributed by atoms with Crippen molar-refractivity contribution in [3.05, 3.63) is 70.3 Å². The fraction of sp³-hybridized carbons (Fsp3) is 0.150. The predicted molar refractivity (Wildman–Crippen MR) is 105 cm³/mol. The van der Waals surface area contributed by atoms with Crippen molar-refractivity contribution in [2.45, 2.75) is 18.9 Å². The zero-order valence-corrected chi connectivity index (χ0v) is 15.8. The summed E-state index contributed by atoms with van der Waals surface area (Å²) in [6.07, 6.45) is 1.99. The van der Waals surface area contributed by atoms with Gasteiger partial charge in [0.05, 0.1) is 17.2 Å². The number of hydrogen-bond acceptors (Lipinski definition) is 8. The molecule has 1 atom stereocenters. The molecule has 29 heavy (non-hydrogen) atoms. The first-order chi connectivity index (χ1) is 14.1. The van der Waals surface area contributed by atoms with E-state index in [1.807, 2.05) is 12.1 Å². The summed E-state index contributed by atoms with van der Waals surface area (Å²) >= 11 is 1.23. The summed E-state index contributed by atoms with van der Waals surface area (Å²) in [4.78, 5) is 35.7. The molecule has 0 fully saturated rings. The Morgan fingerprint density at radius 3 is 2.72 bits per heavy atom. The maximum absolute atomic E-state index is 12.5. The lowest BCUT2D eigenvalue weighted by Crippen LogP contribution is -2.12. The van der Waals surface area contributed by atoms with Gasteiger partial charge < -0.3 is 10.1 Å². The van der Waals surface area contributed by atoms with E-state index < -0.39 is 17.8 Å². The fourth-order valence-electron chi connectivity index (χ4n) is 3.58. The Morgan fingerprint density at radius 2 is 1.83 bits per heavy atom. The Bertz CT molecular complexity index is 1170. The number of fused-ring (bicyclic) bond motifs is 2. The number of nitrogens with one attached hydrogen (secondary N) is 2. The monoisotopic (exact) mass is 406 g/mol. The quantitative estimate of drug-likeness (QED) is 0.506. The van der Waals surface area contributed by atoms with Gasteiger partial charge in [0.25, 0.3) is 5.91 Å². The number of amides is 1. The van der Waals surface area contributed by atoms with Crippen molar-refractivity contribution in [3.63, 3.8) is 0 Å². The molecule has 1 aliphatic carbocycles. The van der Waals surface area contributed by atoms with Gasteiger partial charge in [-0.2, -0.15) is 0 Å². The smallest absolute Gasteiger partial charge is 0.346 e. The van der Waals surface area contributed by atoms with E-state index in [0.29, 0.717) is 10.3 Å². The van der Waals surface area contributed by atoms with Gasteiger partial charge >= 0.3 is 11.9 Å². The molecule has 2 aliphatic rings. The number of hydrogen-bond donors (Lipinski definition) is 2. The van der Waals surface area contributed by atoms with Crippen LogP contribution < -0.4 is 10.6 Å². The lowest BCUT2D eigenvalue weighted by atomic mass is 10.1. The van der Waals surface area contributed by atoms with Crippen LogP contribution in [-0.4, -0.2) is 28.0 Å². The topological polar surface area (TPSA) is 110 Å². The molecule has 1 aromatic heterocycles. The number of aromatic nitrogens is 2. The first-order valence-electron chi connectivity index (χ1n) is 8.98. The van der Waals surface area contributed by atoms with Crippen LogP contribution in [0.1, 0.15) is 54.7 Å². The second-order valence-electron chi connectivity index (χ2n) is 6.74. The minimum Gasteiger partial charge on any atom is -0.386 e. The summed E-state index contributed by atoms with van der Waals surface area (Å²) in [5, 5.41) is 15.1. The van der Waals surface area contributed by atoms with Crippen LogP contribution in [0.5, 0.6) is 0 Å². The van der Waals surface area contributed by atoms with Gasteiger partial charge in [-0.05, 0) is 42.2 Å². The largest absolute Gasteiger partial charge is 0.386 e. The molecule has 1 amide bonds. The molecule has 0 bridgehead atoms. The van der Waals surface area contributed by atoms with E-state index in [0.717, 1.165) is 12.8 Å². The van der Waals surface area contributed by atoms with Gasteiger partial charge in [-0.3, -0.25) is 10.1 Å². The second kappa shape index (κ2) is 6.78. The molecular weight excluding hydrogens is 392 g/mol. The standard InChI is InChI=1S/C20H14N4O4S/c25-16(11-5-7-13-14(9-11)18(27)28-17(13)26)22-20-24-23-19(29-20)21-15-8-6-10-3-1-2-4-12(10)15/h1-5,7,9,15H,6,8H2,(H,21,23)(H,22,24,25). The van der Waals surface area contributed by atoms with Gasteiger partial charge in [0.2, 0.25) is 10.3 Å². The Hall–Kier alpha value is -3.59. The van der Waals surface area contributed by atoms with Crippen molar-refractivity contribution < 1.29 is 19.1 Å². The highest BCUT2D eigenvalue weighted by molar-refractivity contribution is 7.19. The molecule has 2 heterocycles. The molecule has 0 radical (unpaired) electrons. The van der Waals surface area contributed by atoms with Gasteiger partial charge in [-0.15, -0.1) is 10.2 Å². The molecule has 9 heteroatoms. The predicted octanol–water partition coefficient (Wildman–Crippen LogP) is 3.20. The van der Waals surface area contributed by atoms with E-state index in [9.17, 15) is 14.4 Å². The lowest BCUT2D eigenvalue weighted by Gasteiger charge is -2.12. The normalized spacial score (nSPS) is 16.9. The average molecular weight is 406 g/mol. The third kappa shape index (κ3) is 3.15. The molecule has 8 nitrogen and oxygen atoms in total. The lowest BCUT2D eigenvalue weighted by molar-refractivity contribution is 0.0443. The van der Waals surface area contributed by atoms with E-state index in [1.54, 1.807) is 0 Å². The summed E-state index contributed by atoms with van der Waals surface area (Å²) in [5.41, 5.74) is 3.06. The molecule has 144 valence electrons. The summed E-state index contributed by atoms with van der Waals surface area (Å²) in [6, 6.07) is 12.7. The molecule has 1 aliphatic heterocycles. The molecule has 5 rings (SSSR count). The van der Waals surface area contributed by atoms with Crippen LogP contribution in [0.2, 0.25) is 0 Å². The summed E-state index contributed by atoms with van der Waals surface area (Å²) in [6.45, 7) is 0. The zero-order valence-electron chi connectivity index (χ0n) is 15.0. The minimum atomic E-state index is -0.751. The Kier molecular flexibility index (Phi) is 4.09. The van der Waals surface area contributed by atoms with Gasteiger partial charge in [0, 0.05) is 5.56 Å². The van der Waals surface area contributed by atoms with Crippen molar-refractivity contribution >= 4 is 39.4 Å². The average Bonchev–Trinajstić information content (AvgIpc) is 3.41. The van der Waals surface area contributed by atoms with Gasteiger partial charge in [-0.1, -0.05) is 35.6 Å². The number of nitrogens with zero attached hydrogens (tertiary/aromatic N) is 2. The number of ether oxygens (including phenoxy) is 1. The van der Waals surface area contributed by atoms with Crippen LogP contribution in [0.3, 0.4) is 0 Å². The maximum Gasteiger partial charge on any atom is 0.346 e. The second-order valence-corrected chi connectivity index (χ2v) is 7.72. The number of anilines is 2. The van der Waals surface area contributed by atoms with Crippen LogP contribution in [0.4, 0.5) is 10.3 Å². The van der Waals surface area contributed by atoms with Crippen molar-refractivity contribution in [3.8, 4) is 0 Å². The molecular formula is C20H14N4O4S. The Balaban J connectivity index is 1.29. The number of esters is 2. The van der Waals surface area contributed by atoms with E-state index in [-0.39, 0.29) is 22.7 Å². The van der Waals surface area contributed by atoms with Crippen molar-refractivity contribution in [1.82, 2.24) is 10.2 Å². The number of aryl methyl sites for hydroxylation is 1. The summed E-state index contributed by atoms with van der Waals surface area (Å²) in [5.74, 6) is -1.90. The first kappa shape index (κ1) is 17.5. The Labute approximate surface area is 168 Å². The van der Waals surface area contributed by atoms with Crippen molar-refractivity contribution in [1.29, 1.82) is 0 Å². The fourth-order valence-corrected chi connectivity index (χ4v) is 4.28. The van der Waals surface area contributed by atoms with Crippen LogP contribution in [0.15, 0.2) is 42.5 Å². The molecule has 1 unspecified atom stereocenters. The highest BCUT2D eigenvalue weighted by Gasteiger charge is 2.30. The highest BCUT2D eigenvalue weighted by atomic mass is 32.1. The third-order valence-electron chi connectivity index (χ3n) is 4.98. The van der Waals surface area contributed by atoms with E-state index in [4.69, 9.17) is 0 Å². The molecule has 0 saturated heterocycles. The van der Waals surface area contributed by atoms with Crippen LogP contribution >= 0.6 is 11.3 Å². The summed E-state index contributed by atoms with van der Waals surface area (Å²) in [7, 11) is 0. The van der Waals surface area contributed by atoms with Crippen LogP contribution in [0, 0.1) is 0 Å². The number of cyclic esters (lactones) is 2. The Morgan fingerprint density at radius 1 is 1.03 bits per heavy atom. The maximum atomic E-state index is 12.5. The molecule has 2 aromatic carbocycles. The number of benzene rings is 2. The van der Waals surface area contributed by atoms with Gasteiger partial charge in [0.15, 0.2) is 0 Å². The van der Waals surface area contributed by atoms with E-state index in [1.165, 1.54) is 40.7 Å². The van der Waals surface area contributed by atoms with Crippen LogP contribution in [0.25, 0.3) is 0 Å². The zero-order chi connectivity index (χ0) is 20.0. The molecule has 2 N–H and O–H groups in total.